The van der Waals surface area contributed by atoms with Gasteiger partial charge in [-0.05, 0) is 13.3 Å². The van der Waals surface area contributed by atoms with Gasteiger partial charge in [0, 0.05) is 6.20 Å². The first-order valence-corrected chi connectivity index (χ1v) is 5.55. The zero-order valence-electron chi connectivity index (χ0n) is 10.3. The largest absolute Gasteiger partial charge is 0.477 e. The van der Waals surface area contributed by atoms with Gasteiger partial charge in [0.2, 0.25) is 0 Å². The molecule has 0 bridgehead atoms. The lowest BCUT2D eigenvalue weighted by Crippen LogP contribution is -2.45. The molecular formula is C11H17N3O4. The molecule has 0 saturated heterocycles. The third-order valence-corrected chi connectivity index (χ3v) is 2.81. The Kier molecular flexibility index (Phi) is 4.57. The van der Waals surface area contributed by atoms with E-state index in [1.807, 2.05) is 0 Å². The molecule has 0 fully saturated rings. The Morgan fingerprint density at radius 2 is 2.06 bits per heavy atom. The van der Waals surface area contributed by atoms with E-state index in [9.17, 15) is 15.0 Å². The number of carbonyl (C=O) groups is 1. The SMILES string of the molecule is CCC(CO)(CO)Nc1nc(C)ncc1C(=O)O. The van der Waals surface area contributed by atoms with Crippen molar-refractivity contribution in [2.75, 3.05) is 18.5 Å². The summed E-state index contributed by atoms with van der Waals surface area (Å²) in [5.41, 5.74) is -1.09. The number of rotatable bonds is 6. The molecule has 0 atom stereocenters. The molecule has 7 heteroatoms. The Morgan fingerprint density at radius 1 is 1.44 bits per heavy atom. The van der Waals surface area contributed by atoms with E-state index in [0.717, 1.165) is 0 Å². The van der Waals surface area contributed by atoms with Gasteiger partial charge in [-0.3, -0.25) is 0 Å². The number of aryl methyl sites for hydroxylation is 1. The summed E-state index contributed by atoms with van der Waals surface area (Å²) in [5.74, 6) is -0.665. The average Bonchev–Trinajstić information content (AvgIpc) is 2.36. The molecule has 0 saturated carbocycles. The summed E-state index contributed by atoms with van der Waals surface area (Å²) in [5, 5.41) is 30.5. The van der Waals surface area contributed by atoms with E-state index in [-0.39, 0.29) is 24.6 Å². The molecule has 0 spiro atoms. The number of anilines is 1. The fraction of sp³-hybridized carbons (Fsp3) is 0.545. The van der Waals surface area contributed by atoms with E-state index in [1.165, 1.54) is 6.20 Å². The molecule has 1 rings (SSSR count). The van der Waals surface area contributed by atoms with Crippen LogP contribution in [0.5, 0.6) is 0 Å². The molecule has 7 nitrogen and oxygen atoms in total. The number of hydrogen-bond donors (Lipinski definition) is 4. The molecule has 0 aliphatic heterocycles. The molecule has 1 aromatic heterocycles. The number of aromatic nitrogens is 2. The Hall–Kier alpha value is -1.73. The summed E-state index contributed by atoms with van der Waals surface area (Å²) in [4.78, 5) is 18.8. The second-order valence-electron chi connectivity index (χ2n) is 4.06. The molecule has 0 unspecified atom stereocenters. The zero-order chi connectivity index (χ0) is 13.8. The summed E-state index contributed by atoms with van der Waals surface area (Å²) in [6, 6.07) is 0. The summed E-state index contributed by atoms with van der Waals surface area (Å²) < 4.78 is 0. The van der Waals surface area contributed by atoms with E-state index in [1.54, 1.807) is 13.8 Å². The van der Waals surface area contributed by atoms with Gasteiger partial charge < -0.3 is 20.6 Å². The van der Waals surface area contributed by atoms with E-state index in [2.05, 4.69) is 15.3 Å². The van der Waals surface area contributed by atoms with Crippen LogP contribution in [-0.4, -0.2) is 50.0 Å². The Labute approximate surface area is 105 Å². The fourth-order valence-corrected chi connectivity index (χ4v) is 1.41. The van der Waals surface area contributed by atoms with Crippen molar-refractivity contribution < 1.29 is 20.1 Å². The highest BCUT2D eigenvalue weighted by Crippen LogP contribution is 2.20. The second kappa shape index (κ2) is 5.74. The van der Waals surface area contributed by atoms with Crippen LogP contribution in [0, 0.1) is 6.92 Å². The van der Waals surface area contributed by atoms with Crippen LogP contribution in [0.2, 0.25) is 0 Å². The standard InChI is InChI=1S/C11H17N3O4/c1-3-11(5-15,6-16)14-9-8(10(17)18)4-12-7(2)13-9/h4,15-16H,3,5-6H2,1-2H3,(H,17,18)(H,12,13,14). The molecule has 0 aliphatic carbocycles. The summed E-state index contributed by atoms with van der Waals surface area (Å²) in [6.07, 6.45) is 1.62. The van der Waals surface area contributed by atoms with Crippen LogP contribution in [0.25, 0.3) is 0 Å². The predicted molar refractivity (Wildman–Crippen MR) is 64.5 cm³/mol. The van der Waals surface area contributed by atoms with Gasteiger partial charge in [-0.15, -0.1) is 0 Å². The highest BCUT2D eigenvalue weighted by molar-refractivity contribution is 5.92. The topological polar surface area (TPSA) is 116 Å². The molecule has 0 aromatic carbocycles. The first kappa shape index (κ1) is 14.3. The molecule has 100 valence electrons. The number of nitrogens with zero attached hydrogens (tertiary/aromatic N) is 2. The number of aliphatic hydroxyl groups is 2. The minimum absolute atomic E-state index is 0.0969. The molecule has 4 N–H and O–H groups in total. The molecule has 0 amide bonds. The van der Waals surface area contributed by atoms with Crippen molar-refractivity contribution in [3.8, 4) is 0 Å². The molecule has 18 heavy (non-hydrogen) atoms. The van der Waals surface area contributed by atoms with Gasteiger partial charge in [0.1, 0.15) is 17.2 Å². The van der Waals surface area contributed by atoms with Crippen LogP contribution >= 0.6 is 0 Å². The third-order valence-electron chi connectivity index (χ3n) is 2.81. The van der Waals surface area contributed by atoms with Gasteiger partial charge in [-0.2, -0.15) is 0 Å². The molecule has 1 aromatic rings. The molecular weight excluding hydrogens is 238 g/mol. The number of aliphatic hydroxyl groups excluding tert-OH is 2. The first-order chi connectivity index (χ1) is 8.48. The Morgan fingerprint density at radius 3 is 2.50 bits per heavy atom. The third kappa shape index (κ3) is 2.93. The quantitative estimate of drug-likeness (QED) is 0.566. The van der Waals surface area contributed by atoms with Gasteiger partial charge in [-0.25, -0.2) is 14.8 Å². The molecule has 0 radical (unpaired) electrons. The maximum atomic E-state index is 11.0. The highest BCUT2D eigenvalue weighted by atomic mass is 16.4. The van der Waals surface area contributed by atoms with E-state index >= 15 is 0 Å². The lowest BCUT2D eigenvalue weighted by atomic mass is 9.98. The molecule has 0 aliphatic rings. The average molecular weight is 255 g/mol. The van der Waals surface area contributed by atoms with Gasteiger partial charge in [0.25, 0.3) is 0 Å². The van der Waals surface area contributed by atoms with Crippen molar-refractivity contribution in [3.05, 3.63) is 17.6 Å². The Balaban J connectivity index is 3.16. The van der Waals surface area contributed by atoms with E-state index in [0.29, 0.717) is 12.2 Å². The van der Waals surface area contributed by atoms with Crippen molar-refractivity contribution in [3.63, 3.8) is 0 Å². The van der Waals surface area contributed by atoms with E-state index < -0.39 is 11.5 Å². The van der Waals surface area contributed by atoms with Crippen molar-refractivity contribution in [1.82, 2.24) is 9.97 Å². The van der Waals surface area contributed by atoms with Crippen molar-refractivity contribution in [1.29, 1.82) is 0 Å². The number of carboxylic acids is 1. The smallest absolute Gasteiger partial charge is 0.341 e. The number of carboxylic acid groups (broad SMARTS) is 1. The number of hydrogen-bond acceptors (Lipinski definition) is 6. The van der Waals surface area contributed by atoms with Gasteiger partial charge in [0.15, 0.2) is 0 Å². The van der Waals surface area contributed by atoms with Gasteiger partial charge >= 0.3 is 5.97 Å². The van der Waals surface area contributed by atoms with Gasteiger partial charge in [0.05, 0.1) is 18.8 Å². The lowest BCUT2D eigenvalue weighted by Gasteiger charge is -2.30. The lowest BCUT2D eigenvalue weighted by molar-refractivity contribution is 0.0696. The van der Waals surface area contributed by atoms with Crippen LogP contribution in [0.4, 0.5) is 5.82 Å². The minimum atomic E-state index is -1.17. The van der Waals surface area contributed by atoms with Crippen molar-refractivity contribution in [2.45, 2.75) is 25.8 Å². The predicted octanol–water partition coefficient (Wildman–Crippen LogP) is 0.0285. The maximum Gasteiger partial charge on any atom is 0.341 e. The highest BCUT2D eigenvalue weighted by Gasteiger charge is 2.28. The second-order valence-corrected chi connectivity index (χ2v) is 4.06. The first-order valence-electron chi connectivity index (χ1n) is 5.55. The Bertz CT molecular complexity index is 424. The van der Waals surface area contributed by atoms with Gasteiger partial charge in [-0.1, -0.05) is 6.92 Å². The van der Waals surface area contributed by atoms with Crippen LogP contribution in [0.1, 0.15) is 29.5 Å². The summed E-state index contributed by atoms with van der Waals surface area (Å²) >= 11 is 0. The normalized spacial score (nSPS) is 11.3. The van der Waals surface area contributed by atoms with E-state index in [4.69, 9.17) is 5.11 Å². The monoisotopic (exact) mass is 255 g/mol. The van der Waals surface area contributed by atoms with Crippen LogP contribution in [-0.2, 0) is 0 Å². The van der Waals surface area contributed by atoms with Crippen LogP contribution in [0.15, 0.2) is 6.20 Å². The molecule has 1 heterocycles. The number of nitrogens with one attached hydrogen (secondary N) is 1. The van der Waals surface area contributed by atoms with Crippen LogP contribution < -0.4 is 5.32 Å². The summed E-state index contributed by atoms with van der Waals surface area (Å²) in [6.45, 7) is 2.74. The fourth-order valence-electron chi connectivity index (χ4n) is 1.41. The number of aromatic carboxylic acids is 1. The minimum Gasteiger partial charge on any atom is -0.477 e. The van der Waals surface area contributed by atoms with Crippen molar-refractivity contribution >= 4 is 11.8 Å². The van der Waals surface area contributed by atoms with Crippen molar-refractivity contribution in [2.24, 2.45) is 0 Å². The maximum absolute atomic E-state index is 11.0. The van der Waals surface area contributed by atoms with Crippen LogP contribution in [0.3, 0.4) is 0 Å². The summed E-state index contributed by atoms with van der Waals surface area (Å²) in [7, 11) is 0. The zero-order valence-corrected chi connectivity index (χ0v) is 10.3.